The van der Waals surface area contributed by atoms with E-state index < -0.39 is 30.5 Å². The highest BCUT2D eigenvalue weighted by Crippen LogP contribution is 2.36. The first-order valence-electron chi connectivity index (χ1n) is 9.33. The summed E-state index contributed by atoms with van der Waals surface area (Å²) in [6.07, 6.45) is -14.0. The number of nitrogens with one attached hydrogen (secondary N) is 1. The van der Waals surface area contributed by atoms with Crippen LogP contribution in [0.3, 0.4) is 0 Å². The Labute approximate surface area is 173 Å². The monoisotopic (exact) mass is 450 g/mol. The van der Waals surface area contributed by atoms with Crippen molar-refractivity contribution in [2.45, 2.75) is 31.0 Å². The molecule has 0 spiro atoms. The second-order valence-electron chi connectivity index (χ2n) is 7.13. The molecule has 1 aliphatic rings. The Balaban J connectivity index is 1.81. The van der Waals surface area contributed by atoms with Crippen molar-refractivity contribution in [1.82, 2.24) is 20.0 Å². The summed E-state index contributed by atoms with van der Waals surface area (Å²) in [7, 11) is 1.69. The van der Waals surface area contributed by atoms with E-state index in [4.69, 9.17) is 0 Å². The molecule has 1 fully saturated rings. The van der Waals surface area contributed by atoms with E-state index in [2.05, 4.69) is 15.2 Å². The summed E-state index contributed by atoms with van der Waals surface area (Å²) < 4.78 is 82.2. The van der Waals surface area contributed by atoms with Crippen LogP contribution in [-0.2, 0) is 23.1 Å². The molecule has 31 heavy (non-hydrogen) atoms. The van der Waals surface area contributed by atoms with Gasteiger partial charge in [0.25, 0.3) is 6.10 Å². The number of hydrogen-bond donors (Lipinski definition) is 1. The lowest BCUT2D eigenvalue weighted by Crippen LogP contribution is -2.57. The largest absolute Gasteiger partial charge is 0.442 e. The van der Waals surface area contributed by atoms with E-state index in [0.717, 1.165) is 5.56 Å². The minimum absolute atomic E-state index is 0.0994. The van der Waals surface area contributed by atoms with Crippen LogP contribution in [0.1, 0.15) is 5.56 Å². The lowest BCUT2D eigenvalue weighted by molar-refractivity contribution is -0.314. The van der Waals surface area contributed by atoms with E-state index in [-0.39, 0.29) is 19.6 Å². The number of rotatable bonds is 5. The van der Waals surface area contributed by atoms with Crippen molar-refractivity contribution < 1.29 is 35.9 Å². The predicted molar refractivity (Wildman–Crippen MR) is 97.7 cm³/mol. The zero-order valence-electron chi connectivity index (χ0n) is 16.4. The van der Waals surface area contributed by atoms with Crippen LogP contribution in [0.15, 0.2) is 36.5 Å². The first-order valence-corrected chi connectivity index (χ1v) is 9.33. The van der Waals surface area contributed by atoms with Gasteiger partial charge in [-0.05, 0) is 0 Å². The van der Waals surface area contributed by atoms with Gasteiger partial charge in [-0.25, -0.2) is 0 Å². The fraction of sp³-hybridized carbons (Fsp3) is 0.474. The van der Waals surface area contributed by atoms with Crippen molar-refractivity contribution in [3.8, 4) is 11.3 Å². The van der Waals surface area contributed by atoms with Crippen molar-refractivity contribution in [1.29, 1.82) is 0 Å². The van der Waals surface area contributed by atoms with Gasteiger partial charge in [0, 0.05) is 50.6 Å². The van der Waals surface area contributed by atoms with Gasteiger partial charge >= 0.3 is 18.3 Å². The number of ether oxygens (including phenoxy) is 1. The van der Waals surface area contributed by atoms with Crippen LogP contribution in [0.5, 0.6) is 0 Å². The Morgan fingerprint density at radius 3 is 2.45 bits per heavy atom. The minimum atomic E-state index is -5.76. The normalized spacial score (nSPS) is 18.4. The van der Waals surface area contributed by atoms with E-state index in [9.17, 15) is 31.1 Å². The van der Waals surface area contributed by atoms with Gasteiger partial charge in [0.1, 0.15) is 6.04 Å². The number of aromatic nitrogens is 2. The smallest absolute Gasteiger partial charge is 0.434 e. The third kappa shape index (κ3) is 5.56. The van der Waals surface area contributed by atoms with Crippen molar-refractivity contribution in [3.05, 3.63) is 42.1 Å². The Bertz CT molecular complexity index is 883. The average Bonchev–Trinajstić information content (AvgIpc) is 3.05. The van der Waals surface area contributed by atoms with Crippen LogP contribution in [0, 0.1) is 0 Å². The molecular weight excluding hydrogens is 430 g/mol. The Morgan fingerprint density at radius 1 is 1.19 bits per heavy atom. The second kappa shape index (κ2) is 8.87. The molecule has 1 aromatic carbocycles. The quantitative estimate of drug-likeness (QED) is 0.561. The van der Waals surface area contributed by atoms with Gasteiger partial charge < -0.3 is 10.1 Å². The number of piperazine rings is 1. The first kappa shape index (κ1) is 23.1. The maximum atomic E-state index is 12.8. The SMILES string of the molecule is Cn1cc(CN2CCNCC2C(=O)OC(C(F)(F)F)C(F)(F)F)c(-c2ccccc2)n1. The highest BCUT2D eigenvalue weighted by molar-refractivity contribution is 5.76. The van der Waals surface area contributed by atoms with Crippen LogP contribution in [0.25, 0.3) is 11.3 Å². The number of carbonyl (C=O) groups is 1. The number of hydrogen-bond acceptors (Lipinski definition) is 5. The third-order valence-electron chi connectivity index (χ3n) is 4.78. The average molecular weight is 450 g/mol. The molecule has 0 radical (unpaired) electrons. The molecule has 1 aromatic heterocycles. The van der Waals surface area contributed by atoms with Gasteiger partial charge in [-0.1, -0.05) is 30.3 Å². The maximum absolute atomic E-state index is 12.8. The number of esters is 1. The van der Waals surface area contributed by atoms with Crippen LogP contribution in [-0.4, -0.2) is 64.8 Å². The summed E-state index contributed by atoms with van der Waals surface area (Å²) >= 11 is 0. The number of carbonyl (C=O) groups excluding carboxylic acids is 1. The molecule has 3 rings (SSSR count). The molecule has 1 aliphatic heterocycles. The zero-order valence-corrected chi connectivity index (χ0v) is 16.4. The number of halogens is 6. The molecular formula is C19H20F6N4O2. The zero-order chi connectivity index (χ0) is 22.8. The lowest BCUT2D eigenvalue weighted by atomic mass is 10.1. The lowest BCUT2D eigenvalue weighted by Gasteiger charge is -2.35. The van der Waals surface area contributed by atoms with Gasteiger partial charge in [-0.3, -0.25) is 14.4 Å². The van der Waals surface area contributed by atoms with E-state index in [1.54, 1.807) is 17.9 Å². The van der Waals surface area contributed by atoms with Crippen LogP contribution in [0.2, 0.25) is 0 Å². The molecule has 6 nitrogen and oxygen atoms in total. The fourth-order valence-electron chi connectivity index (χ4n) is 3.39. The minimum Gasteiger partial charge on any atom is -0.442 e. The number of alkyl halides is 6. The van der Waals surface area contributed by atoms with Gasteiger partial charge in [0.2, 0.25) is 0 Å². The molecule has 2 aromatic rings. The Kier molecular flexibility index (Phi) is 6.60. The van der Waals surface area contributed by atoms with Gasteiger partial charge in [0.05, 0.1) is 5.69 Å². The van der Waals surface area contributed by atoms with Gasteiger partial charge in [-0.2, -0.15) is 31.4 Å². The predicted octanol–water partition coefficient (Wildman–Crippen LogP) is 2.90. The molecule has 1 unspecified atom stereocenters. The van der Waals surface area contributed by atoms with E-state index >= 15 is 0 Å². The molecule has 0 saturated carbocycles. The first-order chi connectivity index (χ1) is 14.5. The Morgan fingerprint density at radius 2 is 1.84 bits per heavy atom. The van der Waals surface area contributed by atoms with Crippen LogP contribution < -0.4 is 5.32 Å². The standard InChI is InChI=1S/C19H20F6N4O2/c1-28-10-13(15(27-28)12-5-3-2-4-6-12)11-29-8-7-26-9-14(29)16(30)31-17(18(20,21)22)19(23,24)25/h2-6,10,14,17,26H,7-9,11H2,1H3. The van der Waals surface area contributed by atoms with Crippen molar-refractivity contribution in [2.24, 2.45) is 7.05 Å². The summed E-state index contributed by atoms with van der Waals surface area (Å²) in [4.78, 5) is 13.8. The summed E-state index contributed by atoms with van der Waals surface area (Å²) in [5.41, 5.74) is 2.08. The van der Waals surface area contributed by atoms with Gasteiger partial charge in [-0.15, -0.1) is 0 Å². The Hall–Kier alpha value is -2.60. The highest BCUT2D eigenvalue weighted by Gasteiger charge is 2.60. The maximum Gasteiger partial charge on any atom is 0.434 e. The van der Waals surface area contributed by atoms with Crippen LogP contribution in [0.4, 0.5) is 26.3 Å². The molecule has 2 heterocycles. The number of aryl methyl sites for hydroxylation is 1. The molecule has 12 heteroatoms. The molecule has 170 valence electrons. The van der Waals surface area contributed by atoms with Crippen molar-refractivity contribution in [3.63, 3.8) is 0 Å². The van der Waals surface area contributed by atoms with E-state index in [1.807, 2.05) is 30.3 Å². The number of nitrogens with zero attached hydrogens (tertiary/aromatic N) is 3. The third-order valence-corrected chi connectivity index (χ3v) is 4.78. The molecule has 1 N–H and O–H groups in total. The van der Waals surface area contributed by atoms with Gasteiger partial charge in [0.15, 0.2) is 0 Å². The highest BCUT2D eigenvalue weighted by atomic mass is 19.4. The molecule has 1 saturated heterocycles. The van der Waals surface area contributed by atoms with E-state index in [0.29, 0.717) is 17.8 Å². The fourth-order valence-corrected chi connectivity index (χ4v) is 3.39. The van der Waals surface area contributed by atoms with Crippen molar-refractivity contribution >= 4 is 5.97 Å². The topological polar surface area (TPSA) is 59.4 Å². The summed E-state index contributed by atoms with van der Waals surface area (Å²) in [5, 5.41) is 7.20. The van der Waals surface area contributed by atoms with Crippen molar-refractivity contribution in [2.75, 3.05) is 19.6 Å². The van der Waals surface area contributed by atoms with E-state index in [1.165, 1.54) is 4.90 Å². The molecule has 1 atom stereocenters. The molecule has 0 bridgehead atoms. The number of benzene rings is 1. The summed E-state index contributed by atoms with van der Waals surface area (Å²) in [6, 6.07) is 7.79. The molecule has 0 amide bonds. The molecule has 0 aliphatic carbocycles. The summed E-state index contributed by atoms with van der Waals surface area (Å²) in [6.45, 7) is 0.600. The second-order valence-corrected chi connectivity index (χ2v) is 7.13. The summed E-state index contributed by atoms with van der Waals surface area (Å²) in [5.74, 6) is -1.59. The van der Waals surface area contributed by atoms with Crippen LogP contribution >= 0.6 is 0 Å².